The highest BCUT2D eigenvalue weighted by atomic mass is 19.3. The molecule has 164 valence electrons. The van der Waals surface area contributed by atoms with E-state index >= 15 is 0 Å². The maximum atomic E-state index is 14.4. The number of halogens is 2. The first-order chi connectivity index (χ1) is 14.3. The number of hydrogen-bond donors (Lipinski definition) is 1. The lowest BCUT2D eigenvalue weighted by molar-refractivity contribution is -0.131. The zero-order valence-electron chi connectivity index (χ0n) is 17.6. The van der Waals surface area contributed by atoms with Crippen molar-refractivity contribution in [3.05, 3.63) is 18.5 Å². The smallest absolute Gasteiger partial charge is 0.282 e. The molecule has 6 heteroatoms. The van der Waals surface area contributed by atoms with Crippen molar-refractivity contribution in [3.8, 4) is 0 Å². The van der Waals surface area contributed by atoms with E-state index in [2.05, 4.69) is 12.0 Å². The monoisotopic (exact) mass is 418 g/mol. The van der Waals surface area contributed by atoms with Gasteiger partial charge in [-0.3, -0.25) is 9.48 Å². The lowest BCUT2D eigenvalue weighted by Crippen LogP contribution is -2.50. The highest BCUT2D eigenvalue weighted by Crippen LogP contribution is 2.73. The number of carbonyl (C=O) groups excluding carboxylic acids is 1. The van der Waals surface area contributed by atoms with E-state index in [1.54, 1.807) is 10.9 Å². The molecule has 0 aliphatic heterocycles. The van der Waals surface area contributed by atoms with Crippen LogP contribution in [0.3, 0.4) is 0 Å². The molecular formula is C24H32F2N2O2. The van der Waals surface area contributed by atoms with Gasteiger partial charge in [-0.2, -0.15) is 5.10 Å². The van der Waals surface area contributed by atoms with E-state index in [1.807, 2.05) is 12.3 Å². The molecule has 1 N–H and O–H groups in total. The molecule has 0 radical (unpaired) electrons. The van der Waals surface area contributed by atoms with Crippen LogP contribution in [0.5, 0.6) is 0 Å². The molecule has 9 atom stereocenters. The van der Waals surface area contributed by atoms with Crippen LogP contribution in [-0.2, 0) is 11.3 Å². The van der Waals surface area contributed by atoms with Gasteiger partial charge >= 0.3 is 0 Å². The zero-order chi connectivity index (χ0) is 20.9. The van der Waals surface area contributed by atoms with E-state index in [1.165, 1.54) is 0 Å². The molecule has 5 aliphatic carbocycles. The van der Waals surface area contributed by atoms with Gasteiger partial charge in [0.2, 0.25) is 0 Å². The van der Waals surface area contributed by atoms with E-state index in [0.717, 1.165) is 44.9 Å². The van der Waals surface area contributed by atoms with Gasteiger partial charge in [-0.1, -0.05) is 6.92 Å². The molecule has 5 saturated carbocycles. The second-order valence-electron chi connectivity index (χ2n) is 11.2. The Hall–Kier alpha value is -1.30. The highest BCUT2D eigenvalue weighted by Gasteiger charge is 2.84. The number of alkyl halides is 2. The Morgan fingerprint density at radius 1 is 1.07 bits per heavy atom. The Kier molecular flexibility index (Phi) is 3.97. The Morgan fingerprint density at radius 3 is 2.57 bits per heavy atom. The summed E-state index contributed by atoms with van der Waals surface area (Å²) >= 11 is 0. The summed E-state index contributed by atoms with van der Waals surface area (Å²) < 4.78 is 30.4. The summed E-state index contributed by atoms with van der Waals surface area (Å²) in [6.07, 6.45) is 10.5. The quantitative estimate of drug-likeness (QED) is 0.795. The minimum atomic E-state index is -2.88. The first kappa shape index (κ1) is 19.4. The number of hydrogen-bond acceptors (Lipinski definition) is 3. The van der Waals surface area contributed by atoms with Crippen molar-refractivity contribution in [1.29, 1.82) is 0 Å². The molecule has 4 nitrogen and oxygen atoms in total. The van der Waals surface area contributed by atoms with E-state index in [0.29, 0.717) is 36.0 Å². The van der Waals surface area contributed by atoms with Gasteiger partial charge in [0.25, 0.3) is 5.92 Å². The number of aromatic nitrogens is 2. The van der Waals surface area contributed by atoms with Gasteiger partial charge in [-0.25, -0.2) is 8.78 Å². The fourth-order valence-electron chi connectivity index (χ4n) is 9.02. The molecule has 0 amide bonds. The molecule has 30 heavy (non-hydrogen) atoms. The van der Waals surface area contributed by atoms with Crippen LogP contribution in [0.25, 0.3) is 0 Å². The first-order valence-corrected chi connectivity index (χ1v) is 11.9. The predicted molar refractivity (Wildman–Crippen MR) is 107 cm³/mol. The molecule has 0 saturated heterocycles. The largest absolute Gasteiger partial charge is 0.383 e. The Balaban J connectivity index is 1.21. The van der Waals surface area contributed by atoms with Crippen LogP contribution in [-0.4, -0.2) is 32.2 Å². The topological polar surface area (TPSA) is 55.1 Å². The summed E-state index contributed by atoms with van der Waals surface area (Å²) in [5.74, 6) is -1.36. The Bertz CT molecular complexity index is 857. The van der Waals surface area contributed by atoms with Crippen molar-refractivity contribution < 1.29 is 18.7 Å². The molecule has 1 heterocycles. The van der Waals surface area contributed by atoms with Gasteiger partial charge in [0.05, 0.1) is 12.5 Å². The van der Waals surface area contributed by atoms with Crippen molar-refractivity contribution >= 4 is 5.78 Å². The number of Topliss-reactive ketones (excluding diaryl/α,β-unsaturated/α-hetero) is 1. The highest BCUT2D eigenvalue weighted by molar-refractivity contribution is 5.82. The third-order valence-corrected chi connectivity index (χ3v) is 10.4. The van der Waals surface area contributed by atoms with Crippen LogP contribution in [0.2, 0.25) is 0 Å². The molecule has 1 unspecified atom stereocenters. The minimum absolute atomic E-state index is 0.0111. The SMILES string of the molecule is C[C@]12CC[C@@H]3[C@H]4CC[C@@]5(O)C([C@H]4CC[C@H]3[C@@H]1CC[C@@H]2C(=O)Cn1cccn1)C5(F)F. The third kappa shape index (κ3) is 2.35. The van der Waals surface area contributed by atoms with Crippen LogP contribution in [0, 0.1) is 46.8 Å². The molecule has 0 aromatic carbocycles. The third-order valence-electron chi connectivity index (χ3n) is 10.4. The standard InChI is InChI=1S/C24H32F2N2O2/c1-22-9-7-14-15-8-10-23(30)21(24(23,25)26)17(15)4-3-16(14)18(22)5-6-19(22)20(29)13-28-12-2-11-27-28/h2,11-12,14-19,21,30H,3-10,13H2,1H3/t14-,15-,16-,17+,18+,19-,21?,22+,23-/m1/s1. The van der Waals surface area contributed by atoms with Crippen molar-refractivity contribution in [3.63, 3.8) is 0 Å². The molecule has 1 aromatic heterocycles. The summed E-state index contributed by atoms with van der Waals surface area (Å²) in [6.45, 7) is 2.68. The summed E-state index contributed by atoms with van der Waals surface area (Å²) in [7, 11) is 0. The van der Waals surface area contributed by atoms with Crippen molar-refractivity contribution in [2.24, 2.45) is 46.8 Å². The molecule has 1 aromatic rings. The van der Waals surface area contributed by atoms with Crippen LogP contribution in [0.1, 0.15) is 58.3 Å². The lowest BCUT2D eigenvalue weighted by atomic mass is 9.49. The number of ketones is 1. The lowest BCUT2D eigenvalue weighted by Gasteiger charge is -2.55. The summed E-state index contributed by atoms with van der Waals surface area (Å²) in [4.78, 5) is 13.1. The van der Waals surface area contributed by atoms with E-state index in [9.17, 15) is 18.7 Å². The second-order valence-corrected chi connectivity index (χ2v) is 11.2. The molecule has 0 spiro atoms. The van der Waals surface area contributed by atoms with Crippen molar-refractivity contribution in [2.75, 3.05) is 0 Å². The van der Waals surface area contributed by atoms with Crippen LogP contribution < -0.4 is 0 Å². The predicted octanol–water partition coefficient (Wildman–Crippen LogP) is 4.33. The summed E-state index contributed by atoms with van der Waals surface area (Å²) in [6, 6.07) is 1.85. The fourth-order valence-corrected chi connectivity index (χ4v) is 9.02. The molecular weight excluding hydrogens is 386 g/mol. The van der Waals surface area contributed by atoms with Gasteiger partial charge < -0.3 is 5.11 Å². The number of nitrogens with zero attached hydrogens (tertiary/aromatic N) is 2. The van der Waals surface area contributed by atoms with Gasteiger partial charge in [0.15, 0.2) is 5.78 Å². The van der Waals surface area contributed by atoms with Gasteiger partial charge in [-0.05, 0) is 92.4 Å². The number of carbonyl (C=O) groups is 1. The second kappa shape index (κ2) is 6.14. The van der Waals surface area contributed by atoms with Crippen LogP contribution in [0.4, 0.5) is 8.78 Å². The minimum Gasteiger partial charge on any atom is -0.383 e. The van der Waals surface area contributed by atoms with Gasteiger partial charge in [-0.15, -0.1) is 0 Å². The van der Waals surface area contributed by atoms with Crippen LogP contribution >= 0.6 is 0 Å². The fraction of sp³-hybridized carbons (Fsp3) is 0.833. The zero-order valence-corrected chi connectivity index (χ0v) is 17.6. The van der Waals surface area contributed by atoms with Gasteiger partial charge in [0.1, 0.15) is 5.60 Å². The van der Waals surface area contributed by atoms with E-state index in [-0.39, 0.29) is 23.7 Å². The average molecular weight is 419 g/mol. The maximum absolute atomic E-state index is 14.4. The number of aliphatic hydroxyl groups is 1. The molecule has 5 aliphatic rings. The van der Waals surface area contributed by atoms with Crippen molar-refractivity contribution in [1.82, 2.24) is 9.78 Å². The molecule has 6 rings (SSSR count). The summed E-state index contributed by atoms with van der Waals surface area (Å²) in [5.41, 5.74) is -1.67. The van der Waals surface area contributed by atoms with Crippen molar-refractivity contribution in [2.45, 2.75) is 76.4 Å². The van der Waals surface area contributed by atoms with E-state index < -0.39 is 17.4 Å². The summed E-state index contributed by atoms with van der Waals surface area (Å²) in [5, 5.41) is 14.6. The van der Waals surface area contributed by atoms with Crippen LogP contribution in [0.15, 0.2) is 18.5 Å². The van der Waals surface area contributed by atoms with Gasteiger partial charge in [0, 0.05) is 18.3 Å². The number of rotatable bonds is 3. The molecule has 0 bridgehead atoms. The average Bonchev–Trinajstić information content (AvgIpc) is 3.13. The number of fused-ring (bicyclic) bond motifs is 7. The Morgan fingerprint density at radius 2 is 1.80 bits per heavy atom. The first-order valence-electron chi connectivity index (χ1n) is 11.9. The normalized spacial score (nSPS) is 50.7. The maximum Gasteiger partial charge on any atom is 0.282 e. The van der Waals surface area contributed by atoms with E-state index in [4.69, 9.17) is 0 Å². The molecule has 5 fully saturated rings. The Labute approximate surface area is 176 Å².